The molecule has 26 heavy (non-hydrogen) atoms. The maximum Gasteiger partial charge on any atom is 0.311 e. The van der Waals surface area contributed by atoms with Crippen LogP contribution in [0.25, 0.3) is 10.8 Å². The Bertz CT molecular complexity index is 840. The lowest BCUT2D eigenvalue weighted by molar-refractivity contribution is -0.137. The standard InChI is InChI=1S/C21H24O5/c1-4-8-17(22)25-20-15-11-7-6-10-14(15)19-16(12-13(3)24-19)21(20)26-18(23)9-5-2/h6-7,10-11,13H,4-5,8-9,12H2,1-3H3. The van der Waals surface area contributed by atoms with Gasteiger partial charge in [0, 0.05) is 35.6 Å². The Morgan fingerprint density at radius 2 is 1.58 bits per heavy atom. The zero-order valence-electron chi connectivity index (χ0n) is 15.5. The van der Waals surface area contributed by atoms with Gasteiger partial charge in [-0.2, -0.15) is 0 Å². The van der Waals surface area contributed by atoms with E-state index in [9.17, 15) is 9.59 Å². The van der Waals surface area contributed by atoms with Crippen LogP contribution in [0.1, 0.15) is 52.0 Å². The fraction of sp³-hybridized carbons (Fsp3) is 0.429. The Morgan fingerprint density at radius 3 is 2.19 bits per heavy atom. The summed E-state index contributed by atoms with van der Waals surface area (Å²) in [5, 5.41) is 1.57. The molecule has 0 radical (unpaired) electrons. The van der Waals surface area contributed by atoms with Crippen LogP contribution in [0.3, 0.4) is 0 Å². The number of benzene rings is 2. The fourth-order valence-corrected chi connectivity index (χ4v) is 3.20. The first-order valence-corrected chi connectivity index (χ1v) is 9.20. The van der Waals surface area contributed by atoms with Gasteiger partial charge in [-0.05, 0) is 19.8 Å². The van der Waals surface area contributed by atoms with Gasteiger partial charge in [0.25, 0.3) is 0 Å². The molecule has 1 aliphatic heterocycles. The van der Waals surface area contributed by atoms with E-state index in [0.717, 1.165) is 10.9 Å². The number of hydrogen-bond acceptors (Lipinski definition) is 5. The highest BCUT2D eigenvalue weighted by Gasteiger charge is 2.31. The van der Waals surface area contributed by atoms with Gasteiger partial charge >= 0.3 is 11.9 Å². The molecule has 0 amide bonds. The summed E-state index contributed by atoms with van der Waals surface area (Å²) in [6.07, 6.45) is 2.56. The Kier molecular flexibility index (Phi) is 5.45. The van der Waals surface area contributed by atoms with E-state index in [1.165, 1.54) is 0 Å². The second-order valence-corrected chi connectivity index (χ2v) is 6.59. The number of fused-ring (bicyclic) bond motifs is 3. The van der Waals surface area contributed by atoms with Gasteiger partial charge in [0.2, 0.25) is 0 Å². The van der Waals surface area contributed by atoms with Crippen molar-refractivity contribution in [3.63, 3.8) is 0 Å². The highest BCUT2D eigenvalue weighted by Crippen LogP contribution is 2.49. The van der Waals surface area contributed by atoms with E-state index in [0.29, 0.717) is 54.7 Å². The highest BCUT2D eigenvalue weighted by atomic mass is 16.6. The molecule has 2 aromatic rings. The molecule has 138 valence electrons. The molecule has 0 bridgehead atoms. The normalized spacial score (nSPS) is 15.4. The number of esters is 2. The summed E-state index contributed by atoms with van der Waals surface area (Å²) in [4.78, 5) is 24.4. The highest BCUT2D eigenvalue weighted by molar-refractivity contribution is 6.00. The zero-order chi connectivity index (χ0) is 18.7. The third-order valence-corrected chi connectivity index (χ3v) is 4.32. The van der Waals surface area contributed by atoms with Crippen molar-refractivity contribution < 1.29 is 23.8 Å². The summed E-state index contributed by atoms with van der Waals surface area (Å²) < 4.78 is 17.3. The van der Waals surface area contributed by atoms with E-state index in [4.69, 9.17) is 14.2 Å². The molecule has 1 aliphatic rings. The SMILES string of the molecule is CCCC(=O)Oc1c2c(c3ccccc3c1OC(=O)CCC)OC(C)C2. The van der Waals surface area contributed by atoms with Crippen LogP contribution in [0, 0.1) is 0 Å². The van der Waals surface area contributed by atoms with E-state index in [-0.39, 0.29) is 18.0 Å². The summed E-state index contributed by atoms with van der Waals surface area (Å²) in [7, 11) is 0. The molecule has 1 unspecified atom stereocenters. The number of carbonyl (C=O) groups is 2. The fourth-order valence-electron chi connectivity index (χ4n) is 3.20. The lowest BCUT2D eigenvalue weighted by atomic mass is 10.0. The Morgan fingerprint density at radius 1 is 1.00 bits per heavy atom. The number of hydrogen-bond donors (Lipinski definition) is 0. The Balaban J connectivity index is 2.18. The minimum Gasteiger partial charge on any atom is -0.489 e. The molecule has 1 atom stereocenters. The second kappa shape index (κ2) is 7.77. The van der Waals surface area contributed by atoms with Gasteiger partial charge in [-0.3, -0.25) is 9.59 Å². The molecule has 2 aromatic carbocycles. The minimum atomic E-state index is -0.336. The summed E-state index contributed by atoms with van der Waals surface area (Å²) in [5.74, 6) is 0.684. The van der Waals surface area contributed by atoms with Crippen molar-refractivity contribution in [2.45, 2.75) is 59.0 Å². The molecule has 0 aliphatic carbocycles. The summed E-state index contributed by atoms with van der Waals surface area (Å²) in [5.41, 5.74) is 0.792. The third-order valence-electron chi connectivity index (χ3n) is 4.32. The summed E-state index contributed by atoms with van der Waals surface area (Å²) >= 11 is 0. The van der Waals surface area contributed by atoms with Crippen molar-refractivity contribution in [2.75, 3.05) is 0 Å². The van der Waals surface area contributed by atoms with Crippen molar-refractivity contribution in [1.82, 2.24) is 0 Å². The molecule has 5 nitrogen and oxygen atoms in total. The van der Waals surface area contributed by atoms with Gasteiger partial charge < -0.3 is 14.2 Å². The predicted molar refractivity (Wildman–Crippen MR) is 98.8 cm³/mol. The van der Waals surface area contributed by atoms with Crippen LogP contribution >= 0.6 is 0 Å². The van der Waals surface area contributed by atoms with Crippen molar-refractivity contribution in [3.8, 4) is 17.2 Å². The van der Waals surface area contributed by atoms with Gasteiger partial charge in [-0.1, -0.05) is 38.1 Å². The van der Waals surface area contributed by atoms with Gasteiger partial charge in [-0.15, -0.1) is 0 Å². The quantitative estimate of drug-likeness (QED) is 0.560. The summed E-state index contributed by atoms with van der Waals surface area (Å²) in [6, 6.07) is 7.56. The van der Waals surface area contributed by atoms with Crippen LogP contribution in [0.5, 0.6) is 17.2 Å². The average Bonchev–Trinajstić information content (AvgIpc) is 3.00. The van der Waals surface area contributed by atoms with Crippen LogP contribution in [0.2, 0.25) is 0 Å². The van der Waals surface area contributed by atoms with E-state index in [1.54, 1.807) is 0 Å². The van der Waals surface area contributed by atoms with Gasteiger partial charge in [0.15, 0.2) is 11.5 Å². The first-order chi connectivity index (χ1) is 12.5. The second-order valence-electron chi connectivity index (χ2n) is 6.59. The topological polar surface area (TPSA) is 61.8 Å². The van der Waals surface area contributed by atoms with E-state index >= 15 is 0 Å². The first kappa shape index (κ1) is 18.2. The Hall–Kier alpha value is -2.56. The van der Waals surface area contributed by atoms with Crippen molar-refractivity contribution in [1.29, 1.82) is 0 Å². The van der Waals surface area contributed by atoms with E-state index < -0.39 is 0 Å². The molecular formula is C21H24O5. The van der Waals surface area contributed by atoms with Crippen LogP contribution in [-0.4, -0.2) is 18.0 Å². The molecular weight excluding hydrogens is 332 g/mol. The van der Waals surface area contributed by atoms with Crippen LogP contribution in [-0.2, 0) is 16.0 Å². The lowest BCUT2D eigenvalue weighted by Gasteiger charge is -2.17. The minimum absolute atomic E-state index is 0.0290. The molecule has 3 rings (SSSR count). The van der Waals surface area contributed by atoms with Crippen LogP contribution in [0.4, 0.5) is 0 Å². The molecule has 0 N–H and O–H groups in total. The van der Waals surface area contributed by atoms with Crippen molar-refractivity contribution in [2.24, 2.45) is 0 Å². The molecule has 5 heteroatoms. The largest absolute Gasteiger partial charge is 0.489 e. The van der Waals surface area contributed by atoms with Gasteiger partial charge in [-0.25, -0.2) is 0 Å². The first-order valence-electron chi connectivity index (χ1n) is 9.20. The Labute approximate surface area is 153 Å². The molecule has 0 fully saturated rings. The molecule has 0 saturated heterocycles. The van der Waals surface area contributed by atoms with Crippen LogP contribution < -0.4 is 14.2 Å². The van der Waals surface area contributed by atoms with Gasteiger partial charge in [0.05, 0.1) is 0 Å². The average molecular weight is 356 g/mol. The molecule has 0 aromatic heterocycles. The third kappa shape index (κ3) is 3.52. The molecule has 1 heterocycles. The van der Waals surface area contributed by atoms with Crippen LogP contribution in [0.15, 0.2) is 24.3 Å². The summed E-state index contributed by atoms with van der Waals surface area (Å²) in [6.45, 7) is 5.80. The lowest BCUT2D eigenvalue weighted by Crippen LogP contribution is -2.13. The number of ether oxygens (including phenoxy) is 3. The monoisotopic (exact) mass is 356 g/mol. The predicted octanol–water partition coefficient (Wildman–Crippen LogP) is 4.57. The molecule has 0 spiro atoms. The number of rotatable bonds is 6. The van der Waals surface area contributed by atoms with Gasteiger partial charge in [0.1, 0.15) is 11.9 Å². The van der Waals surface area contributed by atoms with Crippen molar-refractivity contribution >= 4 is 22.7 Å². The van der Waals surface area contributed by atoms with E-state index in [2.05, 4.69) is 0 Å². The maximum absolute atomic E-state index is 12.2. The van der Waals surface area contributed by atoms with Crippen molar-refractivity contribution in [3.05, 3.63) is 29.8 Å². The maximum atomic E-state index is 12.2. The number of carbonyl (C=O) groups excluding carboxylic acids is 2. The smallest absolute Gasteiger partial charge is 0.311 e. The molecule has 0 saturated carbocycles. The van der Waals surface area contributed by atoms with E-state index in [1.807, 2.05) is 45.0 Å². The zero-order valence-corrected chi connectivity index (χ0v) is 15.5.